The topological polar surface area (TPSA) is 105 Å². The van der Waals surface area contributed by atoms with Crippen molar-refractivity contribution in [3.63, 3.8) is 0 Å². The molecule has 0 radical (unpaired) electrons. The van der Waals surface area contributed by atoms with Crippen LogP contribution in [-0.2, 0) is 24.3 Å². The van der Waals surface area contributed by atoms with E-state index in [-0.39, 0.29) is 30.6 Å². The minimum atomic E-state index is -0.410. The second-order valence-corrected chi connectivity index (χ2v) is 8.59. The molecule has 5 rings (SSSR count). The average molecular weight is 497 g/mol. The Bertz CT molecular complexity index is 1560. The van der Waals surface area contributed by atoms with E-state index in [0.717, 1.165) is 27.7 Å². The number of aromatic nitrogens is 4. The van der Waals surface area contributed by atoms with E-state index in [9.17, 15) is 14.0 Å². The van der Waals surface area contributed by atoms with Gasteiger partial charge in [-0.2, -0.15) is 0 Å². The molecule has 0 aliphatic carbocycles. The van der Waals surface area contributed by atoms with Gasteiger partial charge in [0, 0.05) is 35.5 Å². The van der Waals surface area contributed by atoms with Crippen LogP contribution in [0, 0.1) is 5.82 Å². The molecule has 3 N–H and O–H groups in total. The zero-order chi connectivity index (χ0) is 25.6. The van der Waals surface area contributed by atoms with Gasteiger partial charge in [-0.25, -0.2) is 9.37 Å². The summed E-state index contributed by atoms with van der Waals surface area (Å²) in [4.78, 5) is 38.0. The Morgan fingerprint density at radius 1 is 1.03 bits per heavy atom. The van der Waals surface area contributed by atoms with Crippen LogP contribution in [0.15, 0.2) is 90.1 Å². The van der Waals surface area contributed by atoms with Crippen molar-refractivity contribution >= 4 is 22.6 Å². The summed E-state index contributed by atoms with van der Waals surface area (Å²) < 4.78 is 14.9. The number of rotatable bonds is 9. The van der Waals surface area contributed by atoms with Crippen LogP contribution < -0.4 is 16.2 Å². The highest BCUT2D eigenvalue weighted by molar-refractivity contribution is 5.80. The first kappa shape index (κ1) is 23.9. The number of benzene rings is 2. The molecule has 3 aromatic heterocycles. The highest BCUT2D eigenvalue weighted by Crippen LogP contribution is 2.18. The van der Waals surface area contributed by atoms with E-state index in [1.165, 1.54) is 16.7 Å². The van der Waals surface area contributed by atoms with Crippen molar-refractivity contribution < 1.29 is 9.18 Å². The third-order valence-electron chi connectivity index (χ3n) is 5.97. The molecule has 0 aliphatic rings. The molecule has 0 saturated carbocycles. The molecule has 0 bridgehead atoms. The fourth-order valence-corrected chi connectivity index (χ4v) is 4.14. The number of aromatic amines is 1. The molecule has 0 saturated heterocycles. The van der Waals surface area contributed by atoms with Crippen molar-refractivity contribution in [2.24, 2.45) is 0 Å². The van der Waals surface area contributed by atoms with Crippen LogP contribution in [0.1, 0.15) is 11.3 Å². The third-order valence-corrected chi connectivity index (χ3v) is 5.97. The van der Waals surface area contributed by atoms with E-state index in [1.54, 1.807) is 24.7 Å². The van der Waals surface area contributed by atoms with Crippen LogP contribution in [0.3, 0.4) is 0 Å². The van der Waals surface area contributed by atoms with Crippen molar-refractivity contribution in [2.45, 2.75) is 19.5 Å². The van der Waals surface area contributed by atoms with Gasteiger partial charge in [-0.1, -0.05) is 42.5 Å². The summed E-state index contributed by atoms with van der Waals surface area (Å²) in [5, 5.41) is 6.87. The Morgan fingerprint density at radius 2 is 1.89 bits per heavy atom. The summed E-state index contributed by atoms with van der Waals surface area (Å²) >= 11 is 0. The number of fused-ring (bicyclic) bond motifs is 1. The van der Waals surface area contributed by atoms with Crippen molar-refractivity contribution in [2.75, 3.05) is 11.9 Å². The number of amides is 1. The van der Waals surface area contributed by atoms with Crippen LogP contribution in [-0.4, -0.2) is 32.0 Å². The van der Waals surface area contributed by atoms with Crippen LogP contribution in [0.2, 0.25) is 0 Å². The molecule has 9 heteroatoms. The fraction of sp³-hybridized carbons (Fsp3) is 0.143. The van der Waals surface area contributed by atoms with Gasteiger partial charge in [0.1, 0.15) is 12.4 Å². The SMILES string of the molecule is O=C(Cn1c(-c2ccccc2)cnc(NCCc2cccc(F)c2)c1=O)NCc1cc2cnccc2[nH]1. The van der Waals surface area contributed by atoms with Gasteiger partial charge >= 0.3 is 0 Å². The van der Waals surface area contributed by atoms with E-state index in [0.29, 0.717) is 18.7 Å². The Labute approximate surface area is 212 Å². The number of nitrogens with one attached hydrogen (secondary N) is 3. The Hall–Kier alpha value is -4.79. The number of H-pyrrole nitrogens is 1. The van der Waals surface area contributed by atoms with Crippen molar-refractivity contribution in [3.05, 3.63) is 113 Å². The maximum absolute atomic E-state index is 13.5. The Balaban J connectivity index is 1.33. The average Bonchev–Trinajstić information content (AvgIpc) is 3.33. The molecule has 2 aromatic carbocycles. The van der Waals surface area contributed by atoms with E-state index >= 15 is 0 Å². The summed E-state index contributed by atoms with van der Waals surface area (Å²) in [6.07, 6.45) is 5.55. The lowest BCUT2D eigenvalue weighted by Crippen LogP contribution is -2.34. The molecule has 0 spiro atoms. The summed E-state index contributed by atoms with van der Waals surface area (Å²) in [7, 11) is 0. The fourth-order valence-electron chi connectivity index (χ4n) is 4.14. The highest BCUT2D eigenvalue weighted by Gasteiger charge is 2.15. The molecular formula is C28H25FN6O2. The molecule has 0 atom stereocenters. The zero-order valence-corrected chi connectivity index (χ0v) is 19.9. The summed E-state index contributed by atoms with van der Waals surface area (Å²) in [5.41, 5.74) is 3.47. The summed E-state index contributed by atoms with van der Waals surface area (Å²) in [6.45, 7) is 0.497. The first-order valence-corrected chi connectivity index (χ1v) is 11.9. The number of carbonyl (C=O) groups excluding carboxylic acids is 1. The number of nitrogens with zero attached hydrogens (tertiary/aromatic N) is 3. The monoisotopic (exact) mass is 496 g/mol. The largest absolute Gasteiger partial charge is 0.365 e. The number of carbonyl (C=O) groups is 1. The van der Waals surface area contributed by atoms with E-state index < -0.39 is 5.56 Å². The van der Waals surface area contributed by atoms with Gasteiger partial charge in [0.2, 0.25) is 5.91 Å². The second kappa shape index (κ2) is 10.9. The standard InChI is InChI=1S/C28H25FN6O2/c29-22-8-4-5-19(13-22)9-12-31-27-28(37)35(25(17-33-27)20-6-2-1-3-7-20)18-26(36)32-16-23-14-21-15-30-11-10-24(21)34-23/h1-8,10-11,13-15,17,34H,9,12,16,18H2,(H,31,33)(H,32,36). The predicted molar refractivity (Wildman–Crippen MR) is 140 cm³/mol. The lowest BCUT2D eigenvalue weighted by atomic mass is 10.1. The van der Waals surface area contributed by atoms with E-state index in [4.69, 9.17) is 0 Å². The minimum Gasteiger partial charge on any atom is -0.365 e. The molecule has 0 aliphatic heterocycles. The number of hydrogen-bond donors (Lipinski definition) is 3. The van der Waals surface area contributed by atoms with Crippen LogP contribution >= 0.6 is 0 Å². The molecule has 0 unspecified atom stereocenters. The number of halogens is 1. The summed E-state index contributed by atoms with van der Waals surface area (Å²) in [6, 6.07) is 19.4. The van der Waals surface area contributed by atoms with Gasteiger partial charge in [0.25, 0.3) is 5.56 Å². The molecule has 8 nitrogen and oxygen atoms in total. The van der Waals surface area contributed by atoms with Gasteiger partial charge in [0.05, 0.1) is 18.4 Å². The van der Waals surface area contributed by atoms with Crippen molar-refractivity contribution in [1.82, 2.24) is 24.8 Å². The maximum Gasteiger partial charge on any atom is 0.294 e. The van der Waals surface area contributed by atoms with Gasteiger partial charge in [0.15, 0.2) is 5.82 Å². The normalized spacial score (nSPS) is 10.9. The molecular weight excluding hydrogens is 471 g/mol. The molecule has 5 aromatic rings. The van der Waals surface area contributed by atoms with Crippen LogP contribution in [0.25, 0.3) is 22.2 Å². The van der Waals surface area contributed by atoms with Crippen molar-refractivity contribution in [1.29, 1.82) is 0 Å². The van der Waals surface area contributed by atoms with Gasteiger partial charge in [-0.15, -0.1) is 0 Å². The van der Waals surface area contributed by atoms with Crippen molar-refractivity contribution in [3.8, 4) is 11.3 Å². The number of anilines is 1. The summed E-state index contributed by atoms with van der Waals surface area (Å²) in [5.74, 6) is -0.486. The predicted octanol–water partition coefficient (Wildman–Crippen LogP) is 3.90. The van der Waals surface area contributed by atoms with E-state index in [2.05, 4.69) is 25.6 Å². The van der Waals surface area contributed by atoms with Gasteiger partial charge < -0.3 is 15.6 Å². The molecule has 0 fully saturated rings. The zero-order valence-electron chi connectivity index (χ0n) is 19.9. The minimum absolute atomic E-state index is 0.131. The first-order chi connectivity index (χ1) is 18.1. The highest BCUT2D eigenvalue weighted by atomic mass is 19.1. The van der Waals surface area contributed by atoms with Crippen LogP contribution in [0.5, 0.6) is 0 Å². The smallest absolute Gasteiger partial charge is 0.294 e. The Morgan fingerprint density at radius 3 is 2.70 bits per heavy atom. The first-order valence-electron chi connectivity index (χ1n) is 11.9. The number of hydrogen-bond acceptors (Lipinski definition) is 5. The molecule has 1 amide bonds. The maximum atomic E-state index is 13.5. The third kappa shape index (κ3) is 5.72. The Kier molecular flexibility index (Phi) is 7.02. The van der Waals surface area contributed by atoms with Gasteiger partial charge in [-0.3, -0.25) is 19.1 Å². The second-order valence-electron chi connectivity index (χ2n) is 8.59. The van der Waals surface area contributed by atoms with Crippen LogP contribution in [0.4, 0.5) is 10.2 Å². The molecule has 37 heavy (non-hydrogen) atoms. The molecule has 3 heterocycles. The van der Waals surface area contributed by atoms with E-state index in [1.807, 2.05) is 48.5 Å². The lowest BCUT2D eigenvalue weighted by molar-refractivity contribution is -0.121. The van der Waals surface area contributed by atoms with Gasteiger partial charge in [-0.05, 0) is 41.8 Å². The molecule has 186 valence electrons. The lowest BCUT2D eigenvalue weighted by Gasteiger charge is -2.15. The quantitative estimate of drug-likeness (QED) is 0.287. The number of pyridine rings is 1.